The van der Waals surface area contributed by atoms with Gasteiger partial charge in [-0.2, -0.15) is 4.31 Å². The summed E-state index contributed by atoms with van der Waals surface area (Å²) in [5.41, 5.74) is 2.30. The Bertz CT molecular complexity index is 1150. The third-order valence-corrected chi connectivity index (χ3v) is 7.75. The van der Waals surface area contributed by atoms with Gasteiger partial charge in [-0.3, -0.25) is 0 Å². The highest BCUT2D eigenvalue weighted by Gasteiger charge is 2.34. The number of sulfonamides is 1. The van der Waals surface area contributed by atoms with Crippen LogP contribution in [0.4, 0.5) is 0 Å². The van der Waals surface area contributed by atoms with Crippen molar-refractivity contribution in [2.75, 3.05) is 13.1 Å². The zero-order chi connectivity index (χ0) is 21.5. The quantitative estimate of drug-likeness (QED) is 0.517. The predicted octanol–water partition coefficient (Wildman–Crippen LogP) is 5.28. The molecule has 5 nitrogen and oxygen atoms in total. The fraction of sp³-hybridized carbons (Fsp3) is 0.391. The van der Waals surface area contributed by atoms with E-state index in [9.17, 15) is 8.42 Å². The van der Waals surface area contributed by atoms with Crippen molar-refractivity contribution in [2.24, 2.45) is 0 Å². The minimum atomic E-state index is -3.53. The second kappa shape index (κ2) is 8.25. The topological polar surface area (TPSA) is 51.5 Å². The Morgan fingerprint density at radius 3 is 2.57 bits per heavy atom. The third-order valence-electron chi connectivity index (χ3n) is 5.64. The molecule has 1 aliphatic rings. The zero-order valence-electron chi connectivity index (χ0n) is 17.5. The molecule has 4 rings (SSSR count). The first-order valence-electron chi connectivity index (χ1n) is 10.3. The van der Waals surface area contributed by atoms with E-state index in [-0.39, 0.29) is 12.0 Å². The summed E-state index contributed by atoms with van der Waals surface area (Å²) in [6, 6.07) is 12.6. The van der Waals surface area contributed by atoms with Gasteiger partial charge in [0.05, 0.1) is 11.0 Å². The number of halogens is 1. The van der Waals surface area contributed by atoms with Crippen LogP contribution in [0.25, 0.3) is 10.9 Å². The van der Waals surface area contributed by atoms with Crippen LogP contribution in [0.5, 0.6) is 5.75 Å². The molecule has 7 heteroatoms. The van der Waals surface area contributed by atoms with Crippen LogP contribution in [-0.2, 0) is 16.6 Å². The molecule has 0 amide bonds. The molecule has 1 saturated heterocycles. The summed E-state index contributed by atoms with van der Waals surface area (Å²) in [5.74, 6) is 0.842. The van der Waals surface area contributed by atoms with Crippen LogP contribution in [-0.4, -0.2) is 36.5 Å². The molecular formula is C23H27ClN2O3S. The number of nitrogens with zero attached hydrogens (tertiary/aromatic N) is 2. The predicted molar refractivity (Wildman–Crippen MR) is 121 cm³/mol. The Morgan fingerprint density at radius 1 is 1.17 bits per heavy atom. The number of fused-ring (bicyclic) bond motifs is 1. The highest BCUT2D eigenvalue weighted by molar-refractivity contribution is 7.89. The molecular weight excluding hydrogens is 420 g/mol. The summed E-state index contributed by atoms with van der Waals surface area (Å²) >= 11 is 6.20. The van der Waals surface area contributed by atoms with Crippen molar-refractivity contribution in [3.63, 3.8) is 0 Å². The van der Waals surface area contributed by atoms with Crippen LogP contribution in [0.15, 0.2) is 53.6 Å². The first kappa shape index (κ1) is 21.2. The lowest BCUT2D eigenvalue weighted by Crippen LogP contribution is -2.28. The summed E-state index contributed by atoms with van der Waals surface area (Å²) in [6.07, 6.45) is 3.01. The van der Waals surface area contributed by atoms with Crippen molar-refractivity contribution >= 4 is 32.5 Å². The Kier molecular flexibility index (Phi) is 5.84. The maximum Gasteiger partial charge on any atom is 0.243 e. The minimum absolute atomic E-state index is 0.0481. The van der Waals surface area contributed by atoms with Crippen LogP contribution >= 0.6 is 11.6 Å². The van der Waals surface area contributed by atoms with Crippen LogP contribution in [0, 0.1) is 0 Å². The van der Waals surface area contributed by atoms with Gasteiger partial charge in [0.2, 0.25) is 10.0 Å². The van der Waals surface area contributed by atoms with E-state index >= 15 is 0 Å². The van der Waals surface area contributed by atoms with E-state index < -0.39 is 10.0 Å². The summed E-state index contributed by atoms with van der Waals surface area (Å²) in [4.78, 5) is 0.307. The van der Waals surface area contributed by atoms with Gasteiger partial charge in [-0.1, -0.05) is 17.7 Å². The largest absolute Gasteiger partial charge is 0.491 e. The number of hydrogen-bond acceptors (Lipinski definition) is 3. The van der Waals surface area contributed by atoms with Gasteiger partial charge >= 0.3 is 0 Å². The molecule has 0 bridgehead atoms. The van der Waals surface area contributed by atoms with E-state index in [0.29, 0.717) is 28.8 Å². The Balaban J connectivity index is 1.58. The normalized spacial score (nSPS) is 17.8. The highest BCUT2D eigenvalue weighted by atomic mass is 35.5. The minimum Gasteiger partial charge on any atom is -0.491 e. The van der Waals surface area contributed by atoms with E-state index in [0.717, 1.165) is 23.9 Å². The molecule has 3 aromatic rings. The molecule has 0 saturated carbocycles. The third kappa shape index (κ3) is 3.96. The van der Waals surface area contributed by atoms with Gasteiger partial charge in [-0.15, -0.1) is 0 Å². The fourth-order valence-corrected chi connectivity index (χ4v) is 5.86. The maximum absolute atomic E-state index is 13.2. The number of ether oxygens (including phenoxy) is 1. The molecule has 0 spiro atoms. The van der Waals surface area contributed by atoms with Gasteiger partial charge in [0, 0.05) is 47.7 Å². The van der Waals surface area contributed by atoms with Crippen molar-refractivity contribution < 1.29 is 13.2 Å². The zero-order valence-corrected chi connectivity index (χ0v) is 19.1. The van der Waals surface area contributed by atoms with Gasteiger partial charge in [-0.05, 0) is 69.2 Å². The SMILES string of the molecule is CCn1cc(C2CCN(S(=O)(=O)c3ccc(OC(C)C)cc3)C2)c2ccc(Cl)cc21. The Hall–Kier alpha value is -2.02. The monoisotopic (exact) mass is 446 g/mol. The van der Waals surface area contributed by atoms with Gasteiger partial charge in [0.25, 0.3) is 0 Å². The summed E-state index contributed by atoms with van der Waals surface area (Å²) in [6.45, 7) is 7.83. The molecule has 2 aromatic carbocycles. The average Bonchev–Trinajstić information content (AvgIpc) is 3.32. The molecule has 1 aliphatic heterocycles. The summed E-state index contributed by atoms with van der Waals surface area (Å²) < 4.78 is 35.8. The number of aromatic nitrogens is 1. The number of benzene rings is 2. The second-order valence-corrected chi connectivity index (χ2v) is 10.4. The molecule has 0 N–H and O–H groups in total. The van der Waals surface area contributed by atoms with Crippen molar-refractivity contribution in [1.29, 1.82) is 0 Å². The molecule has 160 valence electrons. The molecule has 1 fully saturated rings. The lowest BCUT2D eigenvalue weighted by atomic mass is 9.98. The standard InChI is InChI=1S/C23H27ClN2O3S/c1-4-25-15-22(21-10-5-18(24)13-23(21)25)17-11-12-26(14-17)30(27,28)20-8-6-19(7-9-20)29-16(2)3/h5-10,13,15-17H,4,11-12,14H2,1-3H3. The van der Waals surface area contributed by atoms with Crippen molar-refractivity contribution in [2.45, 2.75) is 50.7 Å². The first-order valence-corrected chi connectivity index (χ1v) is 12.2. The van der Waals surface area contributed by atoms with E-state index in [1.807, 2.05) is 32.0 Å². The molecule has 30 heavy (non-hydrogen) atoms. The van der Waals surface area contributed by atoms with Crippen molar-refractivity contribution in [3.8, 4) is 5.75 Å². The van der Waals surface area contributed by atoms with Crippen LogP contribution in [0.3, 0.4) is 0 Å². The second-order valence-electron chi connectivity index (χ2n) is 8.02. The number of aryl methyl sites for hydroxylation is 1. The van der Waals surface area contributed by atoms with Crippen molar-refractivity contribution in [1.82, 2.24) is 8.87 Å². The van der Waals surface area contributed by atoms with E-state index in [2.05, 4.69) is 17.7 Å². The average molecular weight is 447 g/mol. The van der Waals surface area contributed by atoms with Gasteiger partial charge in [-0.25, -0.2) is 8.42 Å². The van der Waals surface area contributed by atoms with Crippen LogP contribution < -0.4 is 4.74 Å². The fourth-order valence-electron chi connectivity index (χ4n) is 4.19. The number of rotatable bonds is 6. The van der Waals surface area contributed by atoms with Gasteiger partial charge in [0.1, 0.15) is 5.75 Å². The van der Waals surface area contributed by atoms with Crippen LogP contribution in [0.1, 0.15) is 38.7 Å². The van der Waals surface area contributed by atoms with Crippen LogP contribution in [0.2, 0.25) is 5.02 Å². The molecule has 1 aromatic heterocycles. The lowest BCUT2D eigenvalue weighted by molar-refractivity contribution is 0.242. The number of hydrogen-bond donors (Lipinski definition) is 0. The van der Waals surface area contributed by atoms with E-state index in [1.165, 1.54) is 5.56 Å². The van der Waals surface area contributed by atoms with E-state index in [4.69, 9.17) is 16.3 Å². The summed E-state index contributed by atoms with van der Waals surface area (Å²) in [7, 11) is -3.53. The van der Waals surface area contributed by atoms with Gasteiger partial charge in [0.15, 0.2) is 0 Å². The van der Waals surface area contributed by atoms with Gasteiger partial charge < -0.3 is 9.30 Å². The Morgan fingerprint density at radius 2 is 1.90 bits per heavy atom. The molecule has 1 atom stereocenters. The summed E-state index contributed by atoms with van der Waals surface area (Å²) in [5, 5.41) is 1.86. The lowest BCUT2D eigenvalue weighted by Gasteiger charge is -2.17. The molecule has 2 heterocycles. The smallest absolute Gasteiger partial charge is 0.243 e. The highest BCUT2D eigenvalue weighted by Crippen LogP contribution is 2.37. The Labute approximate surface area is 183 Å². The molecule has 1 unspecified atom stereocenters. The maximum atomic E-state index is 13.2. The molecule has 0 aliphatic carbocycles. The molecule has 0 radical (unpaired) electrons. The first-order chi connectivity index (χ1) is 14.3. The van der Waals surface area contributed by atoms with E-state index in [1.54, 1.807) is 28.6 Å². The van der Waals surface area contributed by atoms with Crippen molar-refractivity contribution in [3.05, 3.63) is 59.2 Å².